The number of ketones is 1. The number of carbonyl (C=O) groups is 2. The number of hydrogen-bond acceptors (Lipinski definition) is 5. The molecule has 1 heterocycles. The van der Waals surface area contributed by atoms with E-state index in [9.17, 15) is 9.59 Å². The predicted molar refractivity (Wildman–Crippen MR) is 90.9 cm³/mol. The topological polar surface area (TPSA) is 64.6 Å². The fourth-order valence-corrected chi connectivity index (χ4v) is 3.67. The van der Waals surface area contributed by atoms with Crippen LogP contribution in [0.3, 0.4) is 0 Å². The van der Waals surface area contributed by atoms with E-state index in [4.69, 9.17) is 9.47 Å². The summed E-state index contributed by atoms with van der Waals surface area (Å²) in [6.45, 7) is 0.154. The monoisotopic (exact) mass is 343 g/mol. The highest BCUT2D eigenvalue weighted by Crippen LogP contribution is 2.39. The van der Waals surface area contributed by atoms with Crippen LogP contribution < -0.4 is 10.1 Å². The zero-order valence-electron chi connectivity index (χ0n) is 13.4. The molecule has 0 saturated carbocycles. The van der Waals surface area contributed by atoms with Crippen molar-refractivity contribution in [2.75, 3.05) is 21.0 Å². The van der Waals surface area contributed by atoms with Crippen LogP contribution in [-0.2, 0) is 11.2 Å². The zero-order chi connectivity index (χ0) is 17.1. The fraction of sp³-hybridized carbons (Fsp3) is 0.222. The molecule has 24 heavy (non-hydrogen) atoms. The number of rotatable bonds is 4. The smallest absolute Gasteiger partial charge is 0.253 e. The average Bonchev–Trinajstić information content (AvgIpc) is 2.74. The van der Waals surface area contributed by atoms with Crippen LogP contribution in [0.4, 0.5) is 0 Å². The second kappa shape index (κ2) is 7.07. The molecule has 0 aliphatic carbocycles. The van der Waals surface area contributed by atoms with Crippen molar-refractivity contribution in [2.45, 2.75) is 16.2 Å². The predicted octanol–water partition coefficient (Wildman–Crippen LogP) is 2.92. The van der Waals surface area contributed by atoms with Gasteiger partial charge >= 0.3 is 0 Å². The van der Waals surface area contributed by atoms with Crippen molar-refractivity contribution in [1.82, 2.24) is 5.32 Å². The number of ether oxygens (including phenoxy) is 2. The third-order valence-corrected chi connectivity index (χ3v) is 4.92. The molecule has 0 fully saturated rings. The van der Waals surface area contributed by atoms with Gasteiger partial charge in [0, 0.05) is 34.4 Å². The summed E-state index contributed by atoms with van der Waals surface area (Å²) in [7, 11) is 3.11. The first-order valence-electron chi connectivity index (χ1n) is 7.41. The van der Waals surface area contributed by atoms with Gasteiger partial charge in [0.2, 0.25) is 0 Å². The van der Waals surface area contributed by atoms with Crippen LogP contribution >= 0.6 is 11.8 Å². The van der Waals surface area contributed by atoms with Gasteiger partial charge in [-0.25, -0.2) is 0 Å². The summed E-state index contributed by atoms with van der Waals surface area (Å²) in [4.78, 5) is 26.3. The van der Waals surface area contributed by atoms with Crippen LogP contribution in [0.15, 0.2) is 46.2 Å². The second-order valence-electron chi connectivity index (χ2n) is 5.33. The number of amides is 1. The first kappa shape index (κ1) is 16.5. The lowest BCUT2D eigenvalue weighted by Gasteiger charge is -2.09. The molecule has 0 atom stereocenters. The Morgan fingerprint density at radius 1 is 1.17 bits per heavy atom. The van der Waals surface area contributed by atoms with Gasteiger partial charge in [-0.3, -0.25) is 9.59 Å². The van der Waals surface area contributed by atoms with Crippen molar-refractivity contribution in [2.24, 2.45) is 0 Å². The molecule has 0 aromatic heterocycles. The number of hydrogen-bond donors (Lipinski definition) is 1. The molecular weight excluding hydrogens is 326 g/mol. The quantitative estimate of drug-likeness (QED) is 0.865. The Morgan fingerprint density at radius 3 is 2.75 bits per heavy atom. The molecule has 124 valence electrons. The largest absolute Gasteiger partial charge is 0.497 e. The zero-order valence-corrected chi connectivity index (χ0v) is 14.2. The van der Waals surface area contributed by atoms with E-state index < -0.39 is 0 Å². The molecule has 0 radical (unpaired) electrons. The Labute approximate surface area is 144 Å². The summed E-state index contributed by atoms with van der Waals surface area (Å²) < 4.78 is 10.1. The van der Waals surface area contributed by atoms with Crippen LogP contribution in [0.5, 0.6) is 5.75 Å². The van der Waals surface area contributed by atoms with Crippen molar-refractivity contribution >= 4 is 23.5 Å². The average molecular weight is 343 g/mol. The van der Waals surface area contributed by atoms with Crippen LogP contribution in [0, 0.1) is 0 Å². The highest BCUT2D eigenvalue weighted by molar-refractivity contribution is 7.99. The number of Topliss-reactive ketones (excluding diaryl/α,β-unsaturated/α-hetero) is 1. The van der Waals surface area contributed by atoms with Crippen molar-refractivity contribution in [3.63, 3.8) is 0 Å². The molecule has 1 amide bonds. The third-order valence-electron chi connectivity index (χ3n) is 3.77. The van der Waals surface area contributed by atoms with Gasteiger partial charge in [0.15, 0.2) is 5.78 Å². The van der Waals surface area contributed by atoms with Crippen LogP contribution in [0.1, 0.15) is 26.3 Å². The SMILES string of the molecule is COCNC(=O)c1ccc2c(c1)Sc1cc(OC)ccc1C(=O)C2. The molecule has 0 saturated heterocycles. The van der Waals surface area contributed by atoms with E-state index in [1.807, 2.05) is 18.2 Å². The van der Waals surface area contributed by atoms with E-state index in [-0.39, 0.29) is 18.4 Å². The van der Waals surface area contributed by atoms with Crippen molar-refractivity contribution < 1.29 is 19.1 Å². The van der Waals surface area contributed by atoms with Crippen LogP contribution in [-0.4, -0.2) is 32.6 Å². The minimum absolute atomic E-state index is 0.0653. The molecule has 1 aliphatic heterocycles. The normalized spacial score (nSPS) is 12.8. The molecule has 2 aromatic rings. The maximum Gasteiger partial charge on any atom is 0.253 e. The van der Waals surface area contributed by atoms with Crippen molar-refractivity contribution in [3.8, 4) is 5.75 Å². The van der Waals surface area contributed by atoms with E-state index in [0.717, 1.165) is 15.4 Å². The Bertz CT molecular complexity index is 804. The van der Waals surface area contributed by atoms with E-state index in [0.29, 0.717) is 23.3 Å². The van der Waals surface area contributed by atoms with Crippen molar-refractivity contribution in [1.29, 1.82) is 0 Å². The number of methoxy groups -OCH3 is 2. The Hall–Kier alpha value is -2.31. The standard InChI is InChI=1S/C18H17NO4S/c1-22-10-19-18(21)12-4-3-11-7-15(20)14-6-5-13(23-2)9-17(14)24-16(11)8-12/h3-6,8-9H,7,10H2,1-2H3,(H,19,21). The van der Waals surface area contributed by atoms with E-state index >= 15 is 0 Å². The molecule has 1 N–H and O–H groups in total. The molecular formula is C18H17NO4S. The summed E-state index contributed by atoms with van der Waals surface area (Å²) in [6, 6.07) is 10.8. The Kier molecular flexibility index (Phi) is 4.87. The van der Waals surface area contributed by atoms with Gasteiger partial charge in [0.25, 0.3) is 5.91 Å². The first-order valence-corrected chi connectivity index (χ1v) is 8.23. The molecule has 1 aliphatic rings. The van der Waals surface area contributed by atoms with Crippen LogP contribution in [0.25, 0.3) is 0 Å². The van der Waals surface area contributed by atoms with Gasteiger partial charge in [-0.2, -0.15) is 0 Å². The maximum absolute atomic E-state index is 12.5. The summed E-state index contributed by atoms with van der Waals surface area (Å²) >= 11 is 1.48. The van der Waals surface area contributed by atoms with Gasteiger partial charge in [-0.1, -0.05) is 17.8 Å². The maximum atomic E-state index is 12.5. The third kappa shape index (κ3) is 3.29. The van der Waals surface area contributed by atoms with Gasteiger partial charge in [-0.15, -0.1) is 0 Å². The lowest BCUT2D eigenvalue weighted by molar-refractivity contribution is 0.0871. The highest BCUT2D eigenvalue weighted by Gasteiger charge is 2.22. The summed E-state index contributed by atoms with van der Waals surface area (Å²) in [6.07, 6.45) is 0.321. The van der Waals surface area contributed by atoms with Gasteiger partial charge < -0.3 is 14.8 Å². The lowest BCUT2D eigenvalue weighted by Crippen LogP contribution is -2.25. The molecule has 5 nitrogen and oxygen atoms in total. The second-order valence-corrected chi connectivity index (χ2v) is 6.41. The molecule has 3 rings (SSSR count). The number of fused-ring (bicyclic) bond motifs is 2. The van der Waals surface area contributed by atoms with E-state index in [2.05, 4.69) is 5.32 Å². The van der Waals surface area contributed by atoms with Gasteiger partial charge in [0.05, 0.1) is 7.11 Å². The van der Waals surface area contributed by atoms with E-state index in [1.165, 1.54) is 18.9 Å². The molecule has 0 unspecified atom stereocenters. The van der Waals surface area contributed by atoms with Crippen molar-refractivity contribution in [3.05, 3.63) is 53.1 Å². The van der Waals surface area contributed by atoms with Gasteiger partial charge in [0.1, 0.15) is 12.5 Å². The van der Waals surface area contributed by atoms with E-state index in [1.54, 1.807) is 25.3 Å². The molecule has 6 heteroatoms. The number of nitrogens with one attached hydrogen (secondary N) is 1. The number of carbonyl (C=O) groups excluding carboxylic acids is 2. The minimum Gasteiger partial charge on any atom is -0.497 e. The minimum atomic E-state index is -0.207. The highest BCUT2D eigenvalue weighted by atomic mass is 32.2. The molecule has 0 spiro atoms. The molecule has 2 aromatic carbocycles. The molecule has 0 bridgehead atoms. The van der Waals surface area contributed by atoms with Gasteiger partial charge in [-0.05, 0) is 35.9 Å². The summed E-state index contributed by atoms with van der Waals surface area (Å²) in [5.74, 6) is 0.559. The lowest BCUT2D eigenvalue weighted by atomic mass is 10.0. The first-order chi connectivity index (χ1) is 11.6. The Balaban J connectivity index is 1.97. The number of benzene rings is 2. The summed E-state index contributed by atoms with van der Waals surface area (Å²) in [5, 5.41) is 2.66. The summed E-state index contributed by atoms with van der Waals surface area (Å²) in [5.41, 5.74) is 2.14. The van der Waals surface area contributed by atoms with Crippen LogP contribution in [0.2, 0.25) is 0 Å². The Morgan fingerprint density at radius 2 is 2.00 bits per heavy atom. The fourth-order valence-electron chi connectivity index (χ4n) is 2.51.